The standard InChI is InChI=1S/C82H123NO8/c1-6-8-10-12-14-16-18-20-22-24-26-28-30-32-33-34-35-36-37-38-39-40-41-42-43-44-45-46-47-49-51-53-55-57-59-61-63-65-67-69-71-73-80(85)91-78(77-90-82(81(86)87)88-75-74-83(3,4)5)76-89-79(84)72-70-68-66-64-62-60-58-56-54-52-50-48-31-29-27-25-23-21-19-17-15-13-11-9-7-2/h8-11,14-17,20-23,26-29,32-33,35-36,38-39,41-42,44-45,47-50,53-56,59-62,78,82H,6-7,12-13,18-19,24-25,30-31,34,37,40,43,46,51-52,57-58,63-77H2,1-5H3/b10-8-,11-9-,16-14-,17-15-,22-20-,23-21-,28-26-,29-27-,33-32-,36-35-,39-38-,42-41-,45-44-,49-47-,50-48-,55-53-,56-54-,61-59-,62-60-. The van der Waals surface area contributed by atoms with Gasteiger partial charge < -0.3 is 33.3 Å². The second kappa shape index (κ2) is 69.2. The van der Waals surface area contributed by atoms with Crippen molar-refractivity contribution in [2.24, 2.45) is 0 Å². The second-order valence-electron chi connectivity index (χ2n) is 23.0. The van der Waals surface area contributed by atoms with Crippen LogP contribution in [0, 0.1) is 0 Å². The Labute approximate surface area is 555 Å². The molecule has 2 unspecified atom stereocenters. The molecule has 0 amide bonds. The van der Waals surface area contributed by atoms with E-state index in [2.05, 4.69) is 245 Å². The number of likely N-dealkylation sites (N-methyl/N-ethyl adjacent to an activating group) is 1. The van der Waals surface area contributed by atoms with E-state index >= 15 is 0 Å². The minimum atomic E-state index is -1.65. The van der Waals surface area contributed by atoms with Gasteiger partial charge in [-0.2, -0.15) is 0 Å². The number of ether oxygens (including phenoxy) is 4. The number of rotatable bonds is 60. The summed E-state index contributed by atoms with van der Waals surface area (Å²) in [6.07, 6.45) is 108. The van der Waals surface area contributed by atoms with Gasteiger partial charge in [0.1, 0.15) is 13.2 Å². The van der Waals surface area contributed by atoms with Crippen molar-refractivity contribution in [1.29, 1.82) is 0 Å². The molecule has 0 aromatic carbocycles. The molecule has 0 saturated carbocycles. The number of carbonyl (C=O) groups is 3. The summed E-state index contributed by atoms with van der Waals surface area (Å²) >= 11 is 0. The maximum atomic E-state index is 12.9. The number of carboxylic acid groups (broad SMARTS) is 1. The van der Waals surface area contributed by atoms with Gasteiger partial charge in [0, 0.05) is 12.8 Å². The molecule has 0 aliphatic rings. The average molecular weight is 1250 g/mol. The summed E-state index contributed by atoms with van der Waals surface area (Å²) in [6.45, 7) is 4.40. The van der Waals surface area contributed by atoms with Crippen molar-refractivity contribution in [2.45, 2.75) is 219 Å². The van der Waals surface area contributed by atoms with Crippen LogP contribution in [0.25, 0.3) is 0 Å². The number of esters is 2. The van der Waals surface area contributed by atoms with E-state index in [4.69, 9.17) is 18.9 Å². The lowest BCUT2D eigenvalue weighted by Crippen LogP contribution is -2.44. The van der Waals surface area contributed by atoms with Crippen molar-refractivity contribution in [3.8, 4) is 0 Å². The van der Waals surface area contributed by atoms with Gasteiger partial charge in [-0.3, -0.25) is 9.59 Å². The van der Waals surface area contributed by atoms with Crippen LogP contribution in [0.4, 0.5) is 0 Å². The summed E-state index contributed by atoms with van der Waals surface area (Å²) in [7, 11) is 5.89. The minimum absolute atomic E-state index is 0.122. The lowest BCUT2D eigenvalue weighted by atomic mass is 10.1. The van der Waals surface area contributed by atoms with Crippen molar-refractivity contribution >= 4 is 17.9 Å². The van der Waals surface area contributed by atoms with E-state index in [9.17, 15) is 19.5 Å². The van der Waals surface area contributed by atoms with Crippen LogP contribution in [-0.2, 0) is 33.3 Å². The smallest absolute Gasteiger partial charge is 0.306 e. The Hall–Kier alpha value is -6.65. The predicted octanol–water partition coefficient (Wildman–Crippen LogP) is 20.6. The van der Waals surface area contributed by atoms with Crippen molar-refractivity contribution in [3.05, 3.63) is 231 Å². The molecule has 0 bridgehead atoms. The molecule has 0 aliphatic carbocycles. The van der Waals surface area contributed by atoms with E-state index in [-0.39, 0.29) is 32.7 Å². The zero-order valence-corrected chi connectivity index (χ0v) is 57.3. The molecule has 0 aliphatic heterocycles. The third-order valence-electron chi connectivity index (χ3n) is 13.4. The largest absolute Gasteiger partial charge is 0.545 e. The molecule has 0 saturated heterocycles. The molecule has 504 valence electrons. The average Bonchev–Trinajstić information content (AvgIpc) is 3.53. The van der Waals surface area contributed by atoms with E-state index in [1.165, 1.54) is 0 Å². The number of hydrogen-bond donors (Lipinski definition) is 0. The zero-order chi connectivity index (χ0) is 66.1. The Morgan fingerprint density at radius 1 is 0.330 bits per heavy atom. The lowest BCUT2D eigenvalue weighted by molar-refractivity contribution is -0.870. The van der Waals surface area contributed by atoms with Crippen LogP contribution in [0.1, 0.15) is 206 Å². The highest BCUT2D eigenvalue weighted by atomic mass is 16.7. The molecular formula is C82H123NO8. The molecule has 9 heteroatoms. The fourth-order valence-electron chi connectivity index (χ4n) is 8.20. The summed E-state index contributed by atoms with van der Waals surface area (Å²) in [5.41, 5.74) is 0. The first kappa shape index (κ1) is 84.4. The summed E-state index contributed by atoms with van der Waals surface area (Å²) in [6, 6.07) is 0. The molecule has 0 spiro atoms. The Kier molecular flexibility index (Phi) is 64.2. The molecule has 0 N–H and O–H groups in total. The first-order chi connectivity index (χ1) is 44.6. The van der Waals surface area contributed by atoms with E-state index in [0.29, 0.717) is 23.9 Å². The third kappa shape index (κ3) is 70.7. The Balaban J connectivity index is 4.33. The fraction of sp³-hybridized carbons (Fsp3) is 0.500. The number of aliphatic carboxylic acids is 1. The van der Waals surface area contributed by atoms with Crippen LogP contribution < -0.4 is 5.11 Å². The maximum absolute atomic E-state index is 12.9. The minimum Gasteiger partial charge on any atom is -0.545 e. The zero-order valence-electron chi connectivity index (χ0n) is 57.3. The SMILES string of the molecule is CC/C=C\C/C=C\C/C=C\C/C=C\C/C=C\C/C=C\C/C=C\C/C=C\C/C=C\C/C=C\C/C=C\C/C=C\CCCCCCC(=O)OC(COC(=O)CCCCC/C=C\C/C=C\C/C=C\C/C=C\C/C=C\C/C=C\C/C=C\CC)COC(OCC[N+](C)(C)C)C(=O)[O-]. The van der Waals surface area contributed by atoms with Gasteiger partial charge in [0.25, 0.3) is 0 Å². The van der Waals surface area contributed by atoms with Crippen LogP contribution in [0.5, 0.6) is 0 Å². The monoisotopic (exact) mass is 1250 g/mol. The molecule has 0 aromatic rings. The van der Waals surface area contributed by atoms with Gasteiger partial charge >= 0.3 is 11.9 Å². The molecule has 0 aromatic heterocycles. The fourth-order valence-corrected chi connectivity index (χ4v) is 8.20. The topological polar surface area (TPSA) is 111 Å². The van der Waals surface area contributed by atoms with Crippen molar-refractivity contribution in [2.75, 3.05) is 47.5 Å². The van der Waals surface area contributed by atoms with Gasteiger partial charge in [-0.15, -0.1) is 0 Å². The van der Waals surface area contributed by atoms with Crippen LogP contribution in [0.2, 0.25) is 0 Å². The number of hydrogen-bond acceptors (Lipinski definition) is 8. The number of unbranched alkanes of at least 4 members (excludes halogenated alkanes) is 7. The van der Waals surface area contributed by atoms with Gasteiger partial charge in [0.05, 0.1) is 40.3 Å². The molecule has 0 fully saturated rings. The second-order valence-corrected chi connectivity index (χ2v) is 23.0. The quantitative estimate of drug-likeness (QED) is 0.0195. The van der Waals surface area contributed by atoms with Crippen molar-refractivity contribution in [1.82, 2.24) is 0 Å². The van der Waals surface area contributed by atoms with Crippen LogP contribution >= 0.6 is 0 Å². The van der Waals surface area contributed by atoms with Gasteiger partial charge in [-0.25, -0.2) is 0 Å². The number of carbonyl (C=O) groups excluding carboxylic acids is 3. The van der Waals surface area contributed by atoms with Crippen molar-refractivity contribution < 1.29 is 42.9 Å². The number of allylic oxidation sites excluding steroid dienone is 38. The van der Waals surface area contributed by atoms with Crippen LogP contribution in [-0.4, -0.2) is 82.3 Å². The normalized spacial score (nSPS) is 14.2. The molecule has 91 heavy (non-hydrogen) atoms. The highest BCUT2D eigenvalue weighted by Gasteiger charge is 2.22. The first-order valence-corrected chi connectivity index (χ1v) is 34.5. The molecule has 0 radical (unpaired) electrons. The Bertz CT molecular complexity index is 2350. The predicted molar refractivity (Wildman–Crippen MR) is 388 cm³/mol. The first-order valence-electron chi connectivity index (χ1n) is 34.5. The lowest BCUT2D eigenvalue weighted by Gasteiger charge is -2.26. The van der Waals surface area contributed by atoms with Crippen LogP contribution in [0.15, 0.2) is 231 Å². The van der Waals surface area contributed by atoms with Gasteiger partial charge in [0.15, 0.2) is 12.4 Å². The summed E-state index contributed by atoms with van der Waals surface area (Å²) in [4.78, 5) is 37.4. The molecule has 2 atom stereocenters. The van der Waals surface area contributed by atoms with Gasteiger partial charge in [-0.1, -0.05) is 264 Å². The third-order valence-corrected chi connectivity index (χ3v) is 13.4. The van der Waals surface area contributed by atoms with Crippen LogP contribution in [0.3, 0.4) is 0 Å². The number of nitrogens with zero attached hydrogens (tertiary/aromatic N) is 1. The highest BCUT2D eigenvalue weighted by molar-refractivity contribution is 5.70. The highest BCUT2D eigenvalue weighted by Crippen LogP contribution is 2.12. The van der Waals surface area contributed by atoms with E-state index in [1.807, 2.05) is 21.1 Å². The maximum Gasteiger partial charge on any atom is 0.306 e. The molecule has 0 heterocycles. The summed E-state index contributed by atoms with van der Waals surface area (Å²) < 4.78 is 22.7. The van der Waals surface area contributed by atoms with Crippen molar-refractivity contribution in [3.63, 3.8) is 0 Å². The van der Waals surface area contributed by atoms with E-state index in [1.54, 1.807) is 0 Å². The molecule has 0 rings (SSSR count). The van der Waals surface area contributed by atoms with Gasteiger partial charge in [-0.05, 0) is 161 Å². The Morgan fingerprint density at radius 3 is 0.879 bits per heavy atom. The molecule has 9 nitrogen and oxygen atoms in total. The summed E-state index contributed by atoms with van der Waals surface area (Å²) in [5.74, 6) is -2.40. The van der Waals surface area contributed by atoms with Gasteiger partial charge in [0.2, 0.25) is 0 Å². The number of quaternary nitrogens is 1. The Morgan fingerprint density at radius 2 is 0.593 bits per heavy atom. The van der Waals surface area contributed by atoms with E-state index < -0.39 is 30.3 Å². The van der Waals surface area contributed by atoms with E-state index in [0.717, 1.165) is 167 Å². The summed E-state index contributed by atoms with van der Waals surface area (Å²) in [5, 5.41) is 11.8. The number of carboxylic acids is 1. The molecular weight excluding hydrogens is 1130 g/mol.